The van der Waals surface area contributed by atoms with Gasteiger partial charge in [-0.25, -0.2) is 19.6 Å². The number of nitrogens with one attached hydrogen (secondary N) is 2. The predicted octanol–water partition coefficient (Wildman–Crippen LogP) is 4.90. The van der Waals surface area contributed by atoms with Crippen LogP contribution in [0.1, 0.15) is 53.5 Å². The number of alkyl carbamates (subject to hydrolysis) is 1. The van der Waals surface area contributed by atoms with Gasteiger partial charge in [0.2, 0.25) is 5.95 Å². The molecule has 0 spiro atoms. The van der Waals surface area contributed by atoms with Gasteiger partial charge in [-0.05, 0) is 64.3 Å². The van der Waals surface area contributed by atoms with E-state index in [1.54, 1.807) is 45.0 Å². The SMILES string of the molecule is COC(=O)Nc1nccc(-c2ccc(OC[C@](C)(CC(C)C)NC(=O)OC(C)(C)C)c(C#N)c2)n1. The summed E-state index contributed by atoms with van der Waals surface area (Å²) in [5.41, 5.74) is 0.100. The molecule has 35 heavy (non-hydrogen) atoms. The van der Waals surface area contributed by atoms with Crippen molar-refractivity contribution in [3.8, 4) is 23.1 Å². The number of hydrogen-bond donors (Lipinski definition) is 2. The molecule has 0 radical (unpaired) electrons. The minimum absolute atomic E-state index is 0.0749. The number of hydrogen-bond acceptors (Lipinski definition) is 8. The molecule has 2 aromatic rings. The van der Waals surface area contributed by atoms with Gasteiger partial charge in [-0.2, -0.15) is 5.26 Å². The summed E-state index contributed by atoms with van der Waals surface area (Å²) in [6.07, 6.45) is 0.917. The molecule has 0 saturated heterocycles. The highest BCUT2D eigenvalue weighted by Gasteiger charge is 2.31. The summed E-state index contributed by atoms with van der Waals surface area (Å²) in [5, 5.41) is 15.0. The van der Waals surface area contributed by atoms with Gasteiger partial charge in [0.05, 0.1) is 23.9 Å². The van der Waals surface area contributed by atoms with Gasteiger partial charge in [0.25, 0.3) is 0 Å². The highest BCUT2D eigenvalue weighted by molar-refractivity contribution is 5.82. The standard InChI is InChI=1S/C25H33N5O5/c1-16(2)13-25(6,30-23(32)35-24(3,4)5)15-34-20-9-8-17(12-18(20)14-26)19-10-11-27-21(28-19)29-22(31)33-7/h8-12,16H,13,15H2,1-7H3,(H,30,32)(H,27,28,29,31)/t25-/m0/s1. The maximum Gasteiger partial charge on any atom is 0.413 e. The van der Waals surface area contributed by atoms with E-state index >= 15 is 0 Å². The van der Waals surface area contributed by atoms with Crippen LogP contribution in [0.4, 0.5) is 15.5 Å². The van der Waals surface area contributed by atoms with Gasteiger partial charge in [0, 0.05) is 11.8 Å². The van der Waals surface area contributed by atoms with E-state index in [9.17, 15) is 14.9 Å². The summed E-state index contributed by atoms with van der Waals surface area (Å²) < 4.78 is 16.0. The fourth-order valence-electron chi connectivity index (χ4n) is 3.46. The summed E-state index contributed by atoms with van der Waals surface area (Å²) in [5.74, 6) is 0.729. The van der Waals surface area contributed by atoms with Crippen LogP contribution in [-0.2, 0) is 9.47 Å². The van der Waals surface area contributed by atoms with Crippen molar-refractivity contribution < 1.29 is 23.8 Å². The Balaban J connectivity index is 2.22. The topological polar surface area (TPSA) is 135 Å². The van der Waals surface area contributed by atoms with E-state index < -0.39 is 23.3 Å². The molecule has 2 N–H and O–H groups in total. The maximum absolute atomic E-state index is 12.4. The molecule has 10 nitrogen and oxygen atoms in total. The Morgan fingerprint density at radius 2 is 1.86 bits per heavy atom. The van der Waals surface area contributed by atoms with Crippen LogP contribution in [0.5, 0.6) is 5.75 Å². The first-order valence-corrected chi connectivity index (χ1v) is 11.2. The predicted molar refractivity (Wildman–Crippen MR) is 131 cm³/mol. The lowest BCUT2D eigenvalue weighted by Crippen LogP contribution is -2.52. The van der Waals surface area contributed by atoms with Crippen molar-refractivity contribution in [3.63, 3.8) is 0 Å². The van der Waals surface area contributed by atoms with Gasteiger partial charge in [-0.1, -0.05) is 13.8 Å². The van der Waals surface area contributed by atoms with E-state index in [1.165, 1.54) is 13.3 Å². The molecule has 0 unspecified atom stereocenters. The Kier molecular flexibility index (Phi) is 9.00. The Morgan fingerprint density at radius 1 is 1.14 bits per heavy atom. The number of anilines is 1. The van der Waals surface area contributed by atoms with Crippen LogP contribution in [0.15, 0.2) is 30.5 Å². The molecule has 1 atom stereocenters. The van der Waals surface area contributed by atoms with Crippen molar-refractivity contribution in [1.29, 1.82) is 5.26 Å². The third-order valence-electron chi connectivity index (χ3n) is 4.66. The number of aromatic nitrogens is 2. The molecule has 0 saturated carbocycles. The van der Waals surface area contributed by atoms with Crippen LogP contribution in [0, 0.1) is 17.2 Å². The van der Waals surface area contributed by atoms with E-state index in [2.05, 4.69) is 45.3 Å². The van der Waals surface area contributed by atoms with Gasteiger partial charge in [0.15, 0.2) is 0 Å². The maximum atomic E-state index is 12.4. The first-order valence-electron chi connectivity index (χ1n) is 11.2. The summed E-state index contributed by atoms with van der Waals surface area (Å²) >= 11 is 0. The highest BCUT2D eigenvalue weighted by Crippen LogP contribution is 2.27. The molecule has 0 aliphatic heterocycles. The number of nitriles is 1. The third-order valence-corrected chi connectivity index (χ3v) is 4.66. The summed E-state index contributed by atoms with van der Waals surface area (Å²) in [6, 6.07) is 8.86. The molecular weight excluding hydrogens is 450 g/mol. The quantitative estimate of drug-likeness (QED) is 0.541. The van der Waals surface area contributed by atoms with Gasteiger partial charge in [-0.3, -0.25) is 5.32 Å². The van der Waals surface area contributed by atoms with Crippen LogP contribution < -0.4 is 15.4 Å². The fourth-order valence-corrected chi connectivity index (χ4v) is 3.46. The van der Waals surface area contributed by atoms with Crippen LogP contribution in [-0.4, -0.2) is 47.0 Å². The van der Waals surface area contributed by atoms with Crippen molar-refractivity contribution in [2.24, 2.45) is 5.92 Å². The number of ether oxygens (including phenoxy) is 3. The molecule has 1 aromatic heterocycles. The Hall–Kier alpha value is -3.87. The molecule has 0 aliphatic carbocycles. The van der Waals surface area contributed by atoms with E-state index in [0.717, 1.165) is 0 Å². The van der Waals surface area contributed by atoms with E-state index in [-0.39, 0.29) is 18.5 Å². The van der Waals surface area contributed by atoms with Crippen LogP contribution in [0.2, 0.25) is 0 Å². The number of benzene rings is 1. The van der Waals surface area contributed by atoms with E-state index in [0.29, 0.717) is 29.0 Å². The van der Waals surface area contributed by atoms with E-state index in [1.807, 2.05) is 6.92 Å². The largest absolute Gasteiger partial charge is 0.490 e. The molecule has 2 rings (SSSR count). The number of methoxy groups -OCH3 is 1. The molecule has 188 valence electrons. The Bertz CT molecular complexity index is 1090. The minimum atomic E-state index is -0.719. The van der Waals surface area contributed by atoms with Crippen molar-refractivity contribution in [3.05, 3.63) is 36.0 Å². The molecule has 0 fully saturated rings. The van der Waals surface area contributed by atoms with Crippen molar-refractivity contribution in [2.75, 3.05) is 19.0 Å². The van der Waals surface area contributed by atoms with Crippen molar-refractivity contribution in [1.82, 2.24) is 15.3 Å². The van der Waals surface area contributed by atoms with Crippen LogP contribution in [0.3, 0.4) is 0 Å². The second-order valence-electron chi connectivity index (χ2n) is 9.78. The van der Waals surface area contributed by atoms with E-state index in [4.69, 9.17) is 9.47 Å². The van der Waals surface area contributed by atoms with Gasteiger partial charge >= 0.3 is 12.2 Å². The second kappa shape index (κ2) is 11.5. The Morgan fingerprint density at radius 3 is 2.46 bits per heavy atom. The number of carbonyl (C=O) groups excluding carboxylic acids is 2. The summed E-state index contributed by atoms with van der Waals surface area (Å²) in [6.45, 7) is 11.5. The monoisotopic (exact) mass is 483 g/mol. The lowest BCUT2D eigenvalue weighted by Gasteiger charge is -2.33. The number of carbonyl (C=O) groups is 2. The van der Waals surface area contributed by atoms with Crippen LogP contribution in [0.25, 0.3) is 11.3 Å². The molecule has 2 amide bonds. The molecule has 1 heterocycles. The van der Waals surface area contributed by atoms with Crippen molar-refractivity contribution >= 4 is 18.1 Å². The molecule has 1 aromatic carbocycles. The third kappa shape index (κ3) is 8.77. The lowest BCUT2D eigenvalue weighted by molar-refractivity contribution is 0.0408. The number of nitrogens with zero attached hydrogens (tertiary/aromatic N) is 3. The first kappa shape index (κ1) is 27.4. The summed E-state index contributed by atoms with van der Waals surface area (Å²) in [4.78, 5) is 32.1. The fraction of sp³-hybridized carbons (Fsp3) is 0.480. The number of amides is 2. The zero-order valence-electron chi connectivity index (χ0n) is 21.3. The number of rotatable bonds is 8. The molecule has 0 bridgehead atoms. The molecule has 0 aliphatic rings. The lowest BCUT2D eigenvalue weighted by atomic mass is 9.91. The first-order chi connectivity index (χ1) is 16.3. The van der Waals surface area contributed by atoms with Crippen molar-refractivity contribution in [2.45, 2.75) is 59.1 Å². The molecular formula is C25H33N5O5. The highest BCUT2D eigenvalue weighted by atomic mass is 16.6. The summed E-state index contributed by atoms with van der Waals surface area (Å²) in [7, 11) is 1.24. The average Bonchev–Trinajstić information content (AvgIpc) is 2.75. The Labute approximate surface area is 206 Å². The zero-order valence-corrected chi connectivity index (χ0v) is 21.3. The molecule has 10 heteroatoms. The smallest absolute Gasteiger partial charge is 0.413 e. The normalized spacial score (nSPS) is 12.8. The van der Waals surface area contributed by atoms with Gasteiger partial charge < -0.3 is 19.5 Å². The second-order valence-corrected chi connectivity index (χ2v) is 9.78. The van der Waals surface area contributed by atoms with Crippen LogP contribution >= 0.6 is 0 Å². The zero-order chi connectivity index (χ0) is 26.2. The van der Waals surface area contributed by atoms with Gasteiger partial charge in [0.1, 0.15) is 24.0 Å². The minimum Gasteiger partial charge on any atom is -0.490 e. The average molecular weight is 484 g/mol. The van der Waals surface area contributed by atoms with Gasteiger partial charge in [-0.15, -0.1) is 0 Å².